The van der Waals surface area contributed by atoms with Crippen LogP contribution in [-0.2, 0) is 10.2 Å². The molecule has 0 spiro atoms. The van der Waals surface area contributed by atoms with E-state index < -0.39 is 22.8 Å². The minimum atomic E-state index is -1.14. The lowest BCUT2D eigenvalue weighted by atomic mass is 9.51. The van der Waals surface area contributed by atoms with E-state index in [0.29, 0.717) is 58.8 Å². The fourth-order valence-electron chi connectivity index (χ4n) is 7.93. The molecule has 0 radical (unpaired) electrons. The first-order valence-electron chi connectivity index (χ1n) is 15.2. The zero-order chi connectivity index (χ0) is 32.5. The second-order valence-corrected chi connectivity index (χ2v) is 12.8. The molecule has 2 aliphatic rings. The number of nitrogens with two attached hydrogens (primary N) is 1. The molecule has 0 bridgehead atoms. The number of aryl methyl sites for hydroxylation is 1. The maximum Gasteiger partial charge on any atom is 0.254 e. The molecule has 0 aliphatic carbocycles. The Hall–Kier alpha value is -3.46. The highest BCUT2D eigenvalue weighted by Crippen LogP contribution is 2.59. The van der Waals surface area contributed by atoms with Crippen LogP contribution in [0.4, 0.5) is 0 Å². The number of rotatable bonds is 9. The van der Waals surface area contributed by atoms with E-state index in [1.165, 1.54) is 21.3 Å². The second kappa shape index (κ2) is 13.1. The van der Waals surface area contributed by atoms with Gasteiger partial charge in [0.05, 0.1) is 42.3 Å². The largest absolute Gasteiger partial charge is 0.493 e. The minimum absolute atomic E-state index is 0.00239. The van der Waals surface area contributed by atoms with Gasteiger partial charge in [-0.15, -0.1) is 0 Å². The number of amides is 2. The van der Waals surface area contributed by atoms with Crippen LogP contribution in [-0.4, -0.2) is 63.2 Å². The molecule has 4 unspecified atom stereocenters. The van der Waals surface area contributed by atoms with Crippen molar-refractivity contribution >= 4 is 35.0 Å². The van der Waals surface area contributed by atoms with Crippen molar-refractivity contribution in [2.24, 2.45) is 11.7 Å². The van der Waals surface area contributed by atoms with Gasteiger partial charge in [-0.2, -0.15) is 0 Å². The van der Waals surface area contributed by atoms with Crippen molar-refractivity contribution < 1.29 is 23.8 Å². The molecule has 2 saturated heterocycles. The molecule has 8 nitrogen and oxygen atoms in total. The maximum atomic E-state index is 14.9. The highest BCUT2D eigenvalue weighted by Gasteiger charge is 2.64. The molecule has 2 fully saturated rings. The van der Waals surface area contributed by atoms with Crippen LogP contribution in [0.15, 0.2) is 54.6 Å². The fraction of sp³-hybridized carbons (Fsp3) is 0.429. The van der Waals surface area contributed by atoms with E-state index in [4.69, 9.17) is 43.1 Å². The molecule has 4 atom stereocenters. The number of piperidine rings is 1. The van der Waals surface area contributed by atoms with Gasteiger partial charge in [0.15, 0.2) is 11.5 Å². The van der Waals surface area contributed by atoms with Crippen LogP contribution in [0.2, 0.25) is 10.0 Å². The first-order chi connectivity index (χ1) is 21.6. The van der Waals surface area contributed by atoms with Gasteiger partial charge in [-0.25, -0.2) is 0 Å². The van der Waals surface area contributed by atoms with Crippen LogP contribution in [0.1, 0.15) is 59.2 Å². The van der Waals surface area contributed by atoms with Crippen molar-refractivity contribution in [2.45, 2.75) is 50.0 Å². The van der Waals surface area contributed by atoms with Crippen molar-refractivity contribution in [3.63, 3.8) is 0 Å². The summed E-state index contributed by atoms with van der Waals surface area (Å²) < 4.78 is 16.7. The molecule has 3 aromatic carbocycles. The predicted octanol–water partition coefficient (Wildman–Crippen LogP) is 6.14. The highest BCUT2D eigenvalue weighted by atomic mass is 35.5. The Bertz CT molecular complexity index is 1550. The third-order valence-electron chi connectivity index (χ3n) is 10.00. The molecule has 2 heterocycles. The van der Waals surface area contributed by atoms with Crippen molar-refractivity contribution in [1.82, 2.24) is 10.2 Å². The molecule has 45 heavy (non-hydrogen) atoms. The van der Waals surface area contributed by atoms with E-state index in [1.54, 1.807) is 18.2 Å². The zero-order valence-corrected chi connectivity index (χ0v) is 27.9. The summed E-state index contributed by atoms with van der Waals surface area (Å²) in [5.41, 5.74) is 7.61. The molecule has 240 valence electrons. The van der Waals surface area contributed by atoms with Crippen LogP contribution in [0.25, 0.3) is 0 Å². The predicted molar refractivity (Wildman–Crippen MR) is 177 cm³/mol. The molecular weight excluding hydrogens is 613 g/mol. The number of methoxy groups -OCH3 is 3. The molecular formula is C35H41Cl2N3O5. The maximum absolute atomic E-state index is 14.9. The number of carbonyl (C=O) groups excluding carboxylic acids is 2. The van der Waals surface area contributed by atoms with Crippen LogP contribution in [0, 0.1) is 12.8 Å². The monoisotopic (exact) mass is 653 g/mol. The third kappa shape index (κ3) is 5.41. The SMILES string of the molecule is CCC1(C2CCNC2)C(c2ccc(Cl)c(Cl)c2)C(C(N)=O)(c2ccc(C)cc2)CCN1C(=O)c1cc(OC)c(OC)c(OC)c1. The summed E-state index contributed by atoms with van der Waals surface area (Å²) in [6.45, 7) is 5.86. The molecule has 0 aromatic heterocycles. The first-order valence-corrected chi connectivity index (χ1v) is 16.0. The summed E-state index contributed by atoms with van der Waals surface area (Å²) in [6.07, 6.45) is 1.68. The lowest BCUT2D eigenvalue weighted by Crippen LogP contribution is -2.70. The minimum Gasteiger partial charge on any atom is -0.493 e. The van der Waals surface area contributed by atoms with Crippen LogP contribution >= 0.6 is 23.2 Å². The average Bonchev–Trinajstić information content (AvgIpc) is 3.60. The number of ether oxygens (including phenoxy) is 3. The van der Waals surface area contributed by atoms with Gasteiger partial charge in [0.1, 0.15) is 0 Å². The van der Waals surface area contributed by atoms with Crippen LogP contribution < -0.4 is 25.3 Å². The van der Waals surface area contributed by atoms with E-state index >= 15 is 0 Å². The van der Waals surface area contributed by atoms with E-state index in [1.807, 2.05) is 48.2 Å². The Morgan fingerprint density at radius 3 is 2.16 bits per heavy atom. The topological polar surface area (TPSA) is 103 Å². The normalized spacial score (nSPS) is 24.7. The van der Waals surface area contributed by atoms with Gasteiger partial charge in [0, 0.05) is 24.6 Å². The third-order valence-corrected chi connectivity index (χ3v) is 10.7. The van der Waals surface area contributed by atoms with Gasteiger partial charge >= 0.3 is 0 Å². The summed E-state index contributed by atoms with van der Waals surface area (Å²) in [7, 11) is 4.57. The number of nitrogens with zero attached hydrogens (tertiary/aromatic N) is 1. The Morgan fingerprint density at radius 2 is 1.64 bits per heavy atom. The smallest absolute Gasteiger partial charge is 0.254 e. The van der Waals surface area contributed by atoms with Gasteiger partial charge in [-0.1, -0.05) is 66.0 Å². The van der Waals surface area contributed by atoms with E-state index in [9.17, 15) is 9.59 Å². The Balaban J connectivity index is 1.81. The van der Waals surface area contributed by atoms with E-state index in [-0.39, 0.29) is 11.8 Å². The van der Waals surface area contributed by atoms with Crippen molar-refractivity contribution in [3.8, 4) is 17.2 Å². The Morgan fingerprint density at radius 1 is 0.978 bits per heavy atom. The molecule has 3 N–H and O–H groups in total. The van der Waals surface area contributed by atoms with Gasteiger partial charge in [-0.05, 0) is 74.0 Å². The molecule has 0 saturated carbocycles. The summed E-state index contributed by atoms with van der Waals surface area (Å²) >= 11 is 13.1. The zero-order valence-electron chi connectivity index (χ0n) is 26.4. The van der Waals surface area contributed by atoms with Gasteiger partial charge in [-0.3, -0.25) is 9.59 Å². The molecule has 10 heteroatoms. The lowest BCUT2D eigenvalue weighted by Gasteiger charge is -2.61. The number of benzene rings is 3. The van der Waals surface area contributed by atoms with Crippen molar-refractivity contribution in [1.29, 1.82) is 0 Å². The first kappa shape index (κ1) is 32.9. The Kier molecular flexibility index (Phi) is 9.59. The number of likely N-dealkylation sites (tertiary alicyclic amines) is 1. The lowest BCUT2D eigenvalue weighted by molar-refractivity contribution is -0.131. The van der Waals surface area contributed by atoms with Crippen molar-refractivity contribution in [3.05, 3.63) is 86.9 Å². The molecule has 5 rings (SSSR count). The molecule has 2 aliphatic heterocycles. The standard InChI is InChI=1S/C35H41Cl2N3O5/c1-6-35(25-13-15-39-20-25)31(22-9-12-26(36)27(37)17-22)34(33(38)42,24-10-7-21(2)8-11-24)14-16-40(35)32(41)23-18-28(43-3)30(45-5)29(19-23)44-4/h7-12,17-19,25,31,39H,6,13-16,20H2,1-5H3,(H2,38,42). The van der Waals surface area contributed by atoms with Gasteiger partial charge in [0.25, 0.3) is 5.91 Å². The molecule has 3 aromatic rings. The second-order valence-electron chi connectivity index (χ2n) is 12.0. The summed E-state index contributed by atoms with van der Waals surface area (Å²) in [5, 5.41) is 4.30. The number of nitrogens with one attached hydrogen (secondary N) is 1. The molecule has 2 amide bonds. The number of hydrogen-bond acceptors (Lipinski definition) is 6. The van der Waals surface area contributed by atoms with Crippen molar-refractivity contribution in [2.75, 3.05) is 41.0 Å². The number of hydrogen-bond donors (Lipinski definition) is 2. The Labute approximate surface area is 275 Å². The summed E-state index contributed by atoms with van der Waals surface area (Å²) in [6, 6.07) is 16.9. The van der Waals surface area contributed by atoms with Crippen LogP contribution in [0.5, 0.6) is 17.2 Å². The van der Waals surface area contributed by atoms with Gasteiger partial charge in [0.2, 0.25) is 11.7 Å². The average molecular weight is 655 g/mol. The summed E-state index contributed by atoms with van der Waals surface area (Å²) in [5.74, 6) is -0.0195. The van der Waals surface area contributed by atoms with Gasteiger partial charge < -0.3 is 30.2 Å². The number of carbonyl (C=O) groups is 2. The van der Waals surface area contributed by atoms with E-state index in [2.05, 4.69) is 12.2 Å². The van der Waals surface area contributed by atoms with E-state index in [0.717, 1.165) is 29.7 Å². The number of primary amides is 1. The summed E-state index contributed by atoms with van der Waals surface area (Å²) in [4.78, 5) is 31.0. The quantitative estimate of drug-likeness (QED) is 0.288. The fourth-order valence-corrected chi connectivity index (χ4v) is 8.24. The number of halogens is 2. The van der Waals surface area contributed by atoms with Crippen LogP contribution in [0.3, 0.4) is 0 Å². The highest BCUT2D eigenvalue weighted by molar-refractivity contribution is 6.42.